The SMILES string of the molecule is O=C(c1ccc(F)cc1)N1CCCN(c2nnc3ccc(Cl)cn23)CC1. The average molecular weight is 374 g/mol. The Morgan fingerprint density at radius 3 is 2.62 bits per heavy atom. The second kappa shape index (κ2) is 6.92. The summed E-state index contributed by atoms with van der Waals surface area (Å²) in [5.41, 5.74) is 1.23. The summed E-state index contributed by atoms with van der Waals surface area (Å²) >= 11 is 6.09. The van der Waals surface area contributed by atoms with Crippen molar-refractivity contribution in [1.82, 2.24) is 19.5 Å². The molecule has 3 heterocycles. The highest BCUT2D eigenvalue weighted by Crippen LogP contribution is 2.19. The van der Waals surface area contributed by atoms with Crippen molar-refractivity contribution < 1.29 is 9.18 Å². The van der Waals surface area contributed by atoms with Crippen molar-refractivity contribution in [2.75, 3.05) is 31.1 Å². The van der Waals surface area contributed by atoms with Crippen LogP contribution in [-0.4, -0.2) is 51.6 Å². The maximum atomic E-state index is 13.1. The fraction of sp³-hybridized carbons (Fsp3) is 0.278. The third-order valence-electron chi connectivity index (χ3n) is 4.51. The van der Waals surface area contributed by atoms with Crippen LogP contribution in [0.4, 0.5) is 10.3 Å². The molecule has 26 heavy (non-hydrogen) atoms. The number of hydrogen-bond donors (Lipinski definition) is 0. The predicted octanol–water partition coefficient (Wildman–Crippen LogP) is 2.87. The topological polar surface area (TPSA) is 53.7 Å². The highest BCUT2D eigenvalue weighted by Gasteiger charge is 2.22. The third kappa shape index (κ3) is 3.22. The molecule has 0 spiro atoms. The van der Waals surface area contributed by atoms with E-state index in [1.165, 1.54) is 24.3 Å². The van der Waals surface area contributed by atoms with E-state index in [0.717, 1.165) is 24.6 Å². The lowest BCUT2D eigenvalue weighted by molar-refractivity contribution is 0.0767. The van der Waals surface area contributed by atoms with Crippen LogP contribution in [0.1, 0.15) is 16.8 Å². The maximum absolute atomic E-state index is 13.1. The van der Waals surface area contributed by atoms with Gasteiger partial charge in [0, 0.05) is 37.9 Å². The van der Waals surface area contributed by atoms with Crippen LogP contribution in [0, 0.1) is 5.82 Å². The Kier molecular flexibility index (Phi) is 4.46. The van der Waals surface area contributed by atoms with Crippen LogP contribution in [0.3, 0.4) is 0 Å². The number of nitrogens with zero attached hydrogens (tertiary/aromatic N) is 5. The second-order valence-corrected chi connectivity index (χ2v) is 6.65. The largest absolute Gasteiger partial charge is 0.339 e. The van der Waals surface area contributed by atoms with Crippen LogP contribution in [0.2, 0.25) is 5.02 Å². The van der Waals surface area contributed by atoms with Crippen LogP contribution in [-0.2, 0) is 0 Å². The van der Waals surface area contributed by atoms with Crippen LogP contribution in [0.5, 0.6) is 0 Å². The van der Waals surface area contributed by atoms with E-state index in [1.807, 2.05) is 10.5 Å². The first-order chi connectivity index (χ1) is 12.6. The smallest absolute Gasteiger partial charge is 0.253 e. The zero-order chi connectivity index (χ0) is 18.1. The molecule has 1 fully saturated rings. The highest BCUT2D eigenvalue weighted by molar-refractivity contribution is 6.30. The quantitative estimate of drug-likeness (QED) is 0.693. The van der Waals surface area contributed by atoms with Gasteiger partial charge < -0.3 is 9.80 Å². The first-order valence-electron chi connectivity index (χ1n) is 8.42. The average Bonchev–Trinajstić information content (AvgIpc) is 2.90. The van der Waals surface area contributed by atoms with E-state index in [0.29, 0.717) is 30.2 Å². The summed E-state index contributed by atoms with van der Waals surface area (Å²) in [7, 11) is 0. The van der Waals surface area contributed by atoms with Gasteiger partial charge in [0.25, 0.3) is 5.91 Å². The van der Waals surface area contributed by atoms with Gasteiger partial charge in [0.1, 0.15) is 5.82 Å². The zero-order valence-electron chi connectivity index (χ0n) is 14.0. The molecule has 8 heteroatoms. The molecule has 6 nitrogen and oxygen atoms in total. The van der Waals surface area contributed by atoms with Gasteiger partial charge in [-0.1, -0.05) is 11.6 Å². The number of rotatable bonds is 2. The Balaban J connectivity index is 1.51. The summed E-state index contributed by atoms with van der Waals surface area (Å²) in [6.45, 7) is 2.61. The van der Waals surface area contributed by atoms with Crippen molar-refractivity contribution in [2.24, 2.45) is 0 Å². The molecule has 0 atom stereocenters. The molecule has 134 valence electrons. The molecule has 0 saturated carbocycles. The molecule has 2 aromatic heterocycles. The Morgan fingerprint density at radius 2 is 1.81 bits per heavy atom. The Morgan fingerprint density at radius 1 is 1.00 bits per heavy atom. The van der Waals surface area contributed by atoms with E-state index < -0.39 is 0 Å². The molecule has 1 amide bonds. The van der Waals surface area contributed by atoms with Crippen molar-refractivity contribution >= 4 is 29.1 Å². The molecular weight excluding hydrogens is 357 g/mol. The van der Waals surface area contributed by atoms with Gasteiger partial charge in [0.2, 0.25) is 5.95 Å². The minimum Gasteiger partial charge on any atom is -0.339 e. The first-order valence-corrected chi connectivity index (χ1v) is 8.80. The fourth-order valence-corrected chi connectivity index (χ4v) is 3.32. The van der Waals surface area contributed by atoms with Crippen LogP contribution >= 0.6 is 11.6 Å². The Bertz CT molecular complexity index is 942. The first kappa shape index (κ1) is 16.8. The predicted molar refractivity (Wildman–Crippen MR) is 97.1 cm³/mol. The molecule has 0 unspecified atom stereocenters. The molecule has 1 aliphatic heterocycles. The number of fused-ring (bicyclic) bond motifs is 1. The standard InChI is InChI=1S/C18H17ClFN5O/c19-14-4-7-16-21-22-18(25(16)12-14)24-9-1-8-23(10-11-24)17(26)13-2-5-15(20)6-3-13/h2-7,12H,1,8-11H2. The van der Waals surface area contributed by atoms with Crippen LogP contribution in [0.15, 0.2) is 42.6 Å². The highest BCUT2D eigenvalue weighted by atomic mass is 35.5. The van der Waals surface area contributed by atoms with E-state index in [-0.39, 0.29) is 11.7 Å². The van der Waals surface area contributed by atoms with E-state index in [2.05, 4.69) is 15.1 Å². The molecule has 3 aromatic rings. The van der Waals surface area contributed by atoms with Gasteiger partial charge >= 0.3 is 0 Å². The number of benzene rings is 1. The number of anilines is 1. The lowest BCUT2D eigenvalue weighted by atomic mass is 10.2. The Labute approximate surface area is 154 Å². The molecular formula is C18H17ClFN5O. The number of pyridine rings is 1. The third-order valence-corrected chi connectivity index (χ3v) is 4.73. The zero-order valence-corrected chi connectivity index (χ0v) is 14.7. The molecule has 0 radical (unpaired) electrons. The summed E-state index contributed by atoms with van der Waals surface area (Å²) in [6, 6.07) is 9.26. The fourth-order valence-electron chi connectivity index (χ4n) is 3.16. The minimum atomic E-state index is -0.346. The van der Waals surface area contributed by atoms with Gasteiger partial charge in [-0.05, 0) is 42.8 Å². The van der Waals surface area contributed by atoms with Crippen molar-refractivity contribution in [3.8, 4) is 0 Å². The molecule has 4 rings (SSSR count). The van der Waals surface area contributed by atoms with Crippen molar-refractivity contribution in [2.45, 2.75) is 6.42 Å². The van der Waals surface area contributed by atoms with Gasteiger partial charge in [-0.15, -0.1) is 10.2 Å². The molecule has 1 aliphatic rings. The number of aromatic nitrogens is 3. The minimum absolute atomic E-state index is 0.0824. The number of amides is 1. The maximum Gasteiger partial charge on any atom is 0.253 e. The monoisotopic (exact) mass is 373 g/mol. The number of halogens is 2. The molecule has 0 N–H and O–H groups in total. The Hall–Kier alpha value is -2.67. The normalized spacial score (nSPS) is 15.3. The molecule has 1 saturated heterocycles. The summed E-state index contributed by atoms with van der Waals surface area (Å²) in [5.74, 6) is 0.292. The van der Waals surface area contributed by atoms with Gasteiger partial charge in [-0.2, -0.15) is 0 Å². The van der Waals surface area contributed by atoms with Gasteiger partial charge in [-0.25, -0.2) is 4.39 Å². The van der Waals surface area contributed by atoms with E-state index in [4.69, 9.17) is 11.6 Å². The molecule has 0 bridgehead atoms. The van der Waals surface area contributed by atoms with Crippen LogP contribution < -0.4 is 4.90 Å². The summed E-state index contributed by atoms with van der Waals surface area (Å²) in [6.07, 6.45) is 2.60. The van der Waals surface area contributed by atoms with Gasteiger partial charge in [-0.3, -0.25) is 9.20 Å². The molecule has 1 aromatic carbocycles. The summed E-state index contributed by atoms with van der Waals surface area (Å²) < 4.78 is 14.9. The molecule has 0 aliphatic carbocycles. The van der Waals surface area contributed by atoms with Crippen molar-refractivity contribution in [3.63, 3.8) is 0 Å². The summed E-state index contributed by atoms with van der Waals surface area (Å²) in [5, 5.41) is 9.06. The van der Waals surface area contributed by atoms with Crippen LogP contribution in [0.25, 0.3) is 5.65 Å². The summed E-state index contributed by atoms with van der Waals surface area (Å²) in [4.78, 5) is 16.5. The van der Waals surface area contributed by atoms with E-state index in [1.54, 1.807) is 17.2 Å². The number of hydrogen-bond acceptors (Lipinski definition) is 4. The van der Waals surface area contributed by atoms with Gasteiger partial charge in [0.05, 0.1) is 5.02 Å². The van der Waals surface area contributed by atoms with Crippen molar-refractivity contribution in [3.05, 3.63) is 59.0 Å². The lowest BCUT2D eigenvalue weighted by Crippen LogP contribution is -2.35. The van der Waals surface area contributed by atoms with Gasteiger partial charge in [0.15, 0.2) is 5.65 Å². The second-order valence-electron chi connectivity index (χ2n) is 6.22. The van der Waals surface area contributed by atoms with E-state index >= 15 is 0 Å². The number of carbonyl (C=O) groups excluding carboxylic acids is 1. The number of carbonyl (C=O) groups is 1. The van der Waals surface area contributed by atoms with E-state index in [9.17, 15) is 9.18 Å². The van der Waals surface area contributed by atoms with Crippen molar-refractivity contribution in [1.29, 1.82) is 0 Å². The lowest BCUT2D eigenvalue weighted by Gasteiger charge is -2.22.